The Hall–Kier alpha value is -3.29. The van der Waals surface area contributed by atoms with Gasteiger partial charge in [0.2, 0.25) is 0 Å². The average Bonchev–Trinajstić information content (AvgIpc) is 3.56. The minimum absolute atomic E-state index is 0.0942. The van der Waals surface area contributed by atoms with Crippen molar-refractivity contribution >= 4 is 16.7 Å². The lowest BCUT2D eigenvalue weighted by Gasteiger charge is -2.22. The molecule has 0 bridgehead atoms. The van der Waals surface area contributed by atoms with Crippen molar-refractivity contribution in [2.24, 2.45) is 5.92 Å². The number of pyridine rings is 1. The van der Waals surface area contributed by atoms with E-state index in [0.717, 1.165) is 25.0 Å². The summed E-state index contributed by atoms with van der Waals surface area (Å²) in [5, 5.41) is 2.92. The highest BCUT2D eigenvalue weighted by Crippen LogP contribution is 2.41. The molecule has 162 valence electrons. The van der Waals surface area contributed by atoms with Crippen LogP contribution in [0.4, 0.5) is 13.2 Å². The molecule has 1 aromatic heterocycles. The second-order valence-corrected chi connectivity index (χ2v) is 7.74. The molecular weight excluding hydrogens is 407 g/mol. The van der Waals surface area contributed by atoms with Gasteiger partial charge in [-0.2, -0.15) is 0 Å². The predicted octanol–water partition coefficient (Wildman–Crippen LogP) is 4.17. The molecule has 0 aliphatic heterocycles. The van der Waals surface area contributed by atoms with E-state index < -0.39 is 35.0 Å². The zero-order valence-corrected chi connectivity index (χ0v) is 17.1. The molecule has 5 nitrogen and oxygen atoms in total. The fraction of sp³-hybridized carbons (Fsp3) is 0.304. The molecule has 1 fully saturated rings. The molecule has 0 spiro atoms. The van der Waals surface area contributed by atoms with Gasteiger partial charge in [0.25, 0.3) is 11.5 Å². The van der Waals surface area contributed by atoms with Gasteiger partial charge in [-0.15, -0.1) is 0 Å². The number of rotatable bonds is 6. The van der Waals surface area contributed by atoms with E-state index in [4.69, 9.17) is 0 Å². The molecule has 0 unspecified atom stereocenters. The molecule has 31 heavy (non-hydrogen) atoms. The van der Waals surface area contributed by atoms with Gasteiger partial charge in [-0.25, -0.2) is 17.8 Å². The molecule has 0 radical (unpaired) electrons. The van der Waals surface area contributed by atoms with E-state index in [2.05, 4.69) is 10.7 Å². The molecule has 3 aromatic rings. The summed E-state index contributed by atoms with van der Waals surface area (Å²) in [6.07, 6.45) is 1.68. The van der Waals surface area contributed by atoms with Gasteiger partial charge < -0.3 is 10.7 Å². The van der Waals surface area contributed by atoms with Gasteiger partial charge in [-0.05, 0) is 56.4 Å². The van der Waals surface area contributed by atoms with Gasteiger partial charge in [-0.3, -0.25) is 9.59 Å². The maximum Gasteiger partial charge on any atom is 0.279 e. The SMILES string of the molecule is CCNn1c(C)c(C(=O)N[C@H](c2ccc(F)c(F)c2)C2CC2)c2cccc(F)c2c1=O. The van der Waals surface area contributed by atoms with Crippen LogP contribution in [0.1, 0.15) is 47.4 Å². The molecule has 2 N–H and O–H groups in total. The van der Waals surface area contributed by atoms with Crippen molar-refractivity contribution in [2.75, 3.05) is 12.0 Å². The minimum Gasteiger partial charge on any atom is -0.345 e. The Kier molecular flexibility index (Phi) is 5.47. The van der Waals surface area contributed by atoms with Gasteiger partial charge >= 0.3 is 0 Å². The molecular formula is C23H22F3N3O2. The van der Waals surface area contributed by atoms with Crippen molar-refractivity contribution in [3.8, 4) is 0 Å². The van der Waals surface area contributed by atoms with E-state index in [1.807, 2.05) is 0 Å². The van der Waals surface area contributed by atoms with Crippen LogP contribution in [0, 0.1) is 30.3 Å². The quantitative estimate of drug-likeness (QED) is 0.618. The molecule has 1 heterocycles. The first-order valence-corrected chi connectivity index (χ1v) is 10.2. The van der Waals surface area contributed by atoms with Gasteiger partial charge in [0, 0.05) is 11.9 Å². The fourth-order valence-electron chi connectivity index (χ4n) is 3.98. The lowest BCUT2D eigenvalue weighted by molar-refractivity contribution is 0.0932. The number of nitrogens with one attached hydrogen (secondary N) is 2. The van der Waals surface area contributed by atoms with Crippen LogP contribution in [-0.4, -0.2) is 17.1 Å². The lowest BCUT2D eigenvalue weighted by Crippen LogP contribution is -2.36. The first kappa shape index (κ1) is 21.0. The standard InChI is InChI=1S/C23H22F3N3O2/c1-3-27-29-12(2)19(15-5-4-6-17(25)20(15)23(29)31)22(30)28-21(13-7-8-13)14-9-10-16(24)18(26)11-14/h4-6,9-11,13,21,27H,3,7-8H2,1-2H3,(H,28,30)/t21-/m0/s1. The molecule has 1 amide bonds. The highest BCUT2D eigenvalue weighted by atomic mass is 19.2. The number of aromatic nitrogens is 1. The normalized spacial score (nSPS) is 14.5. The summed E-state index contributed by atoms with van der Waals surface area (Å²) in [6, 6.07) is 7.19. The predicted molar refractivity (Wildman–Crippen MR) is 112 cm³/mol. The van der Waals surface area contributed by atoms with E-state index in [0.29, 0.717) is 17.8 Å². The Morgan fingerprint density at radius 3 is 2.52 bits per heavy atom. The molecule has 1 atom stereocenters. The average molecular weight is 429 g/mol. The summed E-state index contributed by atoms with van der Waals surface area (Å²) in [7, 11) is 0. The van der Waals surface area contributed by atoms with Gasteiger partial charge in [0.15, 0.2) is 11.6 Å². The maximum absolute atomic E-state index is 14.5. The Balaban J connectivity index is 1.82. The van der Waals surface area contributed by atoms with Crippen molar-refractivity contribution in [1.82, 2.24) is 9.99 Å². The van der Waals surface area contributed by atoms with E-state index in [-0.39, 0.29) is 22.3 Å². The summed E-state index contributed by atoms with van der Waals surface area (Å²) < 4.78 is 42.9. The third-order valence-corrected chi connectivity index (χ3v) is 5.62. The smallest absolute Gasteiger partial charge is 0.279 e. The van der Waals surface area contributed by atoms with Gasteiger partial charge in [0.1, 0.15) is 5.82 Å². The monoisotopic (exact) mass is 429 g/mol. The van der Waals surface area contributed by atoms with Crippen molar-refractivity contribution in [2.45, 2.75) is 32.7 Å². The number of fused-ring (bicyclic) bond motifs is 1. The fourth-order valence-corrected chi connectivity index (χ4v) is 3.98. The number of carbonyl (C=O) groups excluding carboxylic acids is 1. The number of halogens is 3. The zero-order valence-electron chi connectivity index (χ0n) is 17.1. The van der Waals surface area contributed by atoms with Gasteiger partial charge in [0.05, 0.1) is 22.7 Å². The molecule has 1 aliphatic rings. The number of benzene rings is 2. The zero-order chi connectivity index (χ0) is 22.3. The van der Waals surface area contributed by atoms with Crippen LogP contribution in [0.2, 0.25) is 0 Å². The third-order valence-electron chi connectivity index (χ3n) is 5.62. The molecule has 0 saturated heterocycles. The van der Waals surface area contributed by atoms with Crippen molar-refractivity contribution in [1.29, 1.82) is 0 Å². The number of carbonyl (C=O) groups is 1. The number of hydrogen-bond acceptors (Lipinski definition) is 3. The highest BCUT2D eigenvalue weighted by molar-refractivity contribution is 6.08. The molecule has 1 aliphatic carbocycles. The molecule has 1 saturated carbocycles. The van der Waals surface area contributed by atoms with Crippen molar-refractivity contribution in [3.63, 3.8) is 0 Å². The second kappa shape index (κ2) is 8.09. The van der Waals surface area contributed by atoms with Crippen LogP contribution >= 0.6 is 0 Å². The van der Waals surface area contributed by atoms with Crippen LogP contribution in [0.15, 0.2) is 41.2 Å². The topological polar surface area (TPSA) is 63.1 Å². The molecule has 8 heteroatoms. The van der Waals surface area contributed by atoms with Crippen LogP contribution in [0.5, 0.6) is 0 Å². The third kappa shape index (κ3) is 3.78. The van der Waals surface area contributed by atoms with E-state index in [1.54, 1.807) is 13.8 Å². The van der Waals surface area contributed by atoms with Crippen molar-refractivity contribution < 1.29 is 18.0 Å². The number of amides is 1. The maximum atomic E-state index is 14.5. The van der Waals surface area contributed by atoms with E-state index >= 15 is 0 Å². The molecule has 4 rings (SSSR count). The minimum atomic E-state index is -0.984. The Morgan fingerprint density at radius 1 is 1.13 bits per heavy atom. The molecule has 2 aromatic carbocycles. The number of hydrogen-bond donors (Lipinski definition) is 2. The van der Waals surface area contributed by atoms with Crippen LogP contribution in [-0.2, 0) is 0 Å². The summed E-state index contributed by atoms with van der Waals surface area (Å²) in [6.45, 7) is 3.78. The van der Waals surface area contributed by atoms with Crippen LogP contribution in [0.3, 0.4) is 0 Å². The first-order chi connectivity index (χ1) is 14.8. The van der Waals surface area contributed by atoms with E-state index in [9.17, 15) is 22.8 Å². The Bertz CT molecular complexity index is 1230. The lowest BCUT2D eigenvalue weighted by atomic mass is 9.99. The highest BCUT2D eigenvalue weighted by Gasteiger charge is 2.35. The summed E-state index contributed by atoms with van der Waals surface area (Å²) in [4.78, 5) is 26.2. The second-order valence-electron chi connectivity index (χ2n) is 7.74. The number of nitrogens with zero attached hydrogens (tertiary/aromatic N) is 1. The largest absolute Gasteiger partial charge is 0.345 e. The Morgan fingerprint density at radius 2 is 1.87 bits per heavy atom. The van der Waals surface area contributed by atoms with Crippen LogP contribution in [0.25, 0.3) is 10.8 Å². The van der Waals surface area contributed by atoms with Crippen molar-refractivity contribution in [3.05, 3.63) is 81.0 Å². The van der Waals surface area contributed by atoms with E-state index in [1.165, 1.54) is 28.9 Å². The summed E-state index contributed by atoms with van der Waals surface area (Å²) in [5.41, 5.74) is 3.23. The first-order valence-electron chi connectivity index (χ1n) is 10.2. The van der Waals surface area contributed by atoms with Crippen LogP contribution < -0.4 is 16.3 Å². The summed E-state index contributed by atoms with van der Waals surface area (Å²) in [5.74, 6) is -3.08. The summed E-state index contributed by atoms with van der Waals surface area (Å²) >= 11 is 0. The Labute approximate surface area is 176 Å². The van der Waals surface area contributed by atoms with Gasteiger partial charge in [-0.1, -0.05) is 18.2 Å².